The van der Waals surface area contributed by atoms with E-state index < -0.39 is 0 Å². The van der Waals surface area contributed by atoms with Crippen molar-refractivity contribution in [1.82, 2.24) is 0 Å². The third-order valence-corrected chi connectivity index (χ3v) is 4.50. The van der Waals surface area contributed by atoms with Crippen LogP contribution < -0.4 is 4.74 Å². The zero-order valence-corrected chi connectivity index (χ0v) is 14.9. The van der Waals surface area contributed by atoms with Crippen LogP contribution in [0.3, 0.4) is 0 Å². The summed E-state index contributed by atoms with van der Waals surface area (Å²) in [5.41, 5.74) is 2.63. The molecular formula is C21H17BrO2. The van der Waals surface area contributed by atoms with Crippen molar-refractivity contribution in [3.8, 4) is 5.75 Å². The lowest BCUT2D eigenvalue weighted by atomic mass is 9.85. The molecule has 0 spiro atoms. The number of Topliss-reactive ketones (excluding diaryl/α,β-unsaturated/α-hetero) is 1. The molecule has 0 saturated carbocycles. The average molecular weight is 381 g/mol. The van der Waals surface area contributed by atoms with Crippen molar-refractivity contribution in [3.05, 3.63) is 100 Å². The first kappa shape index (κ1) is 16.5. The summed E-state index contributed by atoms with van der Waals surface area (Å²) >= 11 is 3.41. The van der Waals surface area contributed by atoms with E-state index in [1.165, 1.54) is 0 Å². The molecule has 0 radical (unpaired) electrons. The first-order chi connectivity index (χ1) is 11.7. The van der Waals surface area contributed by atoms with E-state index in [1.54, 1.807) is 7.11 Å². The van der Waals surface area contributed by atoms with Gasteiger partial charge in [0.2, 0.25) is 0 Å². The lowest BCUT2D eigenvalue weighted by molar-refractivity contribution is 0.0974. The third kappa shape index (κ3) is 3.57. The van der Waals surface area contributed by atoms with Crippen LogP contribution in [0.5, 0.6) is 5.75 Å². The number of ketones is 1. The second-order valence-corrected chi connectivity index (χ2v) is 6.40. The molecule has 3 rings (SSSR count). The molecule has 3 aromatic rings. The van der Waals surface area contributed by atoms with Crippen LogP contribution in [-0.4, -0.2) is 12.9 Å². The average Bonchev–Trinajstić information content (AvgIpc) is 2.64. The Morgan fingerprint density at radius 2 is 1.42 bits per heavy atom. The summed E-state index contributed by atoms with van der Waals surface area (Å²) in [5.74, 6) is 0.527. The van der Waals surface area contributed by atoms with Gasteiger partial charge in [0.1, 0.15) is 5.75 Å². The minimum Gasteiger partial charge on any atom is -0.497 e. The lowest BCUT2D eigenvalue weighted by Crippen LogP contribution is -2.14. The minimum atomic E-state index is -0.335. The number of hydrogen-bond acceptors (Lipinski definition) is 2. The Hall–Kier alpha value is -2.39. The van der Waals surface area contributed by atoms with Crippen LogP contribution in [0.2, 0.25) is 0 Å². The Bertz CT molecular complexity index is 809. The van der Waals surface area contributed by atoms with Gasteiger partial charge in [0.25, 0.3) is 0 Å². The highest BCUT2D eigenvalue weighted by molar-refractivity contribution is 9.10. The maximum atomic E-state index is 13.2. The Labute approximate surface area is 150 Å². The van der Waals surface area contributed by atoms with E-state index in [9.17, 15) is 4.79 Å². The molecule has 0 fully saturated rings. The Morgan fingerprint density at radius 1 is 0.833 bits per heavy atom. The summed E-state index contributed by atoms with van der Waals surface area (Å²) in [7, 11) is 1.64. The number of ether oxygens (including phenoxy) is 1. The van der Waals surface area contributed by atoms with E-state index in [4.69, 9.17) is 4.74 Å². The molecule has 1 atom stereocenters. The van der Waals surface area contributed by atoms with Crippen LogP contribution in [0.4, 0.5) is 0 Å². The highest BCUT2D eigenvalue weighted by Gasteiger charge is 2.23. The monoisotopic (exact) mass is 380 g/mol. The molecule has 0 saturated heterocycles. The topological polar surface area (TPSA) is 26.3 Å². The standard InChI is InChI=1S/C21H17BrO2/c1-24-19-13-9-16(10-14-19)20(15-5-3-2-4-6-15)21(23)17-7-11-18(22)12-8-17/h2-14,20H,1H3. The molecular weight excluding hydrogens is 364 g/mol. The molecule has 0 aliphatic heterocycles. The van der Waals surface area contributed by atoms with Gasteiger partial charge in [-0.15, -0.1) is 0 Å². The van der Waals surface area contributed by atoms with Gasteiger partial charge in [-0.1, -0.05) is 70.5 Å². The molecule has 0 aliphatic rings. The number of carbonyl (C=O) groups excluding carboxylic acids is 1. The zero-order valence-electron chi connectivity index (χ0n) is 13.3. The fourth-order valence-electron chi connectivity index (χ4n) is 2.72. The van der Waals surface area contributed by atoms with E-state index in [2.05, 4.69) is 15.9 Å². The first-order valence-corrected chi connectivity index (χ1v) is 8.47. The van der Waals surface area contributed by atoms with Crippen molar-refractivity contribution in [3.63, 3.8) is 0 Å². The quantitative estimate of drug-likeness (QED) is 0.548. The van der Waals surface area contributed by atoms with Gasteiger partial charge in [-0.25, -0.2) is 0 Å². The van der Waals surface area contributed by atoms with Crippen LogP contribution in [0.25, 0.3) is 0 Å². The highest BCUT2D eigenvalue weighted by Crippen LogP contribution is 2.30. The predicted octanol–water partition coefficient (Wildman–Crippen LogP) is 5.47. The molecule has 1 unspecified atom stereocenters. The van der Waals surface area contributed by atoms with Gasteiger partial charge in [0.05, 0.1) is 13.0 Å². The lowest BCUT2D eigenvalue weighted by Gasteiger charge is -2.17. The Morgan fingerprint density at radius 3 is 2.00 bits per heavy atom. The van der Waals surface area contributed by atoms with Crippen LogP contribution in [0.1, 0.15) is 27.4 Å². The fraction of sp³-hybridized carbons (Fsp3) is 0.0952. The summed E-state index contributed by atoms with van der Waals surface area (Å²) < 4.78 is 6.18. The van der Waals surface area contributed by atoms with Crippen molar-refractivity contribution in [2.75, 3.05) is 7.11 Å². The predicted molar refractivity (Wildman–Crippen MR) is 99.8 cm³/mol. The largest absolute Gasteiger partial charge is 0.497 e. The smallest absolute Gasteiger partial charge is 0.174 e. The molecule has 0 bridgehead atoms. The van der Waals surface area contributed by atoms with Crippen molar-refractivity contribution in [2.24, 2.45) is 0 Å². The molecule has 120 valence electrons. The van der Waals surface area contributed by atoms with E-state index in [-0.39, 0.29) is 11.7 Å². The summed E-state index contributed by atoms with van der Waals surface area (Å²) in [6, 6.07) is 25.0. The number of halogens is 1. The molecule has 2 nitrogen and oxygen atoms in total. The van der Waals surface area contributed by atoms with E-state index in [0.717, 1.165) is 21.3 Å². The molecule has 0 aromatic heterocycles. The van der Waals surface area contributed by atoms with Crippen molar-refractivity contribution >= 4 is 21.7 Å². The molecule has 0 aliphatic carbocycles. The summed E-state index contributed by atoms with van der Waals surface area (Å²) in [6.45, 7) is 0. The van der Waals surface area contributed by atoms with Crippen LogP contribution >= 0.6 is 15.9 Å². The van der Waals surface area contributed by atoms with Gasteiger partial charge >= 0.3 is 0 Å². The van der Waals surface area contributed by atoms with Crippen LogP contribution in [-0.2, 0) is 0 Å². The first-order valence-electron chi connectivity index (χ1n) is 7.67. The van der Waals surface area contributed by atoms with Crippen LogP contribution in [0.15, 0.2) is 83.3 Å². The summed E-state index contributed by atoms with van der Waals surface area (Å²) in [4.78, 5) is 13.2. The van der Waals surface area contributed by atoms with Gasteiger partial charge < -0.3 is 4.74 Å². The van der Waals surface area contributed by atoms with Crippen molar-refractivity contribution in [1.29, 1.82) is 0 Å². The number of benzene rings is 3. The highest BCUT2D eigenvalue weighted by atomic mass is 79.9. The van der Waals surface area contributed by atoms with Gasteiger partial charge in [0.15, 0.2) is 5.78 Å². The zero-order chi connectivity index (χ0) is 16.9. The minimum absolute atomic E-state index is 0.0823. The van der Waals surface area contributed by atoms with E-state index in [0.29, 0.717) is 5.56 Å². The normalized spacial score (nSPS) is 11.8. The SMILES string of the molecule is COc1ccc(C(C(=O)c2ccc(Br)cc2)c2ccccc2)cc1. The number of carbonyl (C=O) groups is 1. The maximum Gasteiger partial charge on any atom is 0.174 e. The van der Waals surface area contributed by atoms with Gasteiger partial charge in [-0.3, -0.25) is 4.79 Å². The second kappa shape index (κ2) is 7.45. The summed E-state index contributed by atoms with van der Waals surface area (Å²) in [6.07, 6.45) is 0. The number of rotatable bonds is 5. The van der Waals surface area contributed by atoms with Gasteiger partial charge in [-0.2, -0.15) is 0 Å². The second-order valence-electron chi connectivity index (χ2n) is 5.49. The molecule has 0 heterocycles. The van der Waals surface area contributed by atoms with Gasteiger partial charge in [0, 0.05) is 10.0 Å². The molecule has 3 aromatic carbocycles. The molecule has 0 amide bonds. The Balaban J connectivity index is 2.04. The van der Waals surface area contributed by atoms with Crippen molar-refractivity contribution in [2.45, 2.75) is 5.92 Å². The number of hydrogen-bond donors (Lipinski definition) is 0. The van der Waals surface area contributed by atoms with Crippen molar-refractivity contribution < 1.29 is 9.53 Å². The fourth-order valence-corrected chi connectivity index (χ4v) is 2.98. The molecule has 3 heteroatoms. The Kier molecular flexibility index (Phi) is 5.11. The van der Waals surface area contributed by atoms with E-state index >= 15 is 0 Å². The van der Waals surface area contributed by atoms with Crippen LogP contribution in [0, 0.1) is 0 Å². The number of methoxy groups -OCH3 is 1. The maximum absolute atomic E-state index is 13.2. The molecule has 24 heavy (non-hydrogen) atoms. The van der Waals surface area contributed by atoms with Gasteiger partial charge in [-0.05, 0) is 35.4 Å². The summed E-state index contributed by atoms with van der Waals surface area (Å²) in [5, 5.41) is 0. The third-order valence-electron chi connectivity index (χ3n) is 3.97. The molecule has 0 N–H and O–H groups in total. The van der Waals surface area contributed by atoms with E-state index in [1.807, 2.05) is 78.9 Å².